The third-order valence-corrected chi connectivity index (χ3v) is 3.44. The van der Waals surface area contributed by atoms with Crippen LogP contribution in [0.5, 0.6) is 0 Å². The second-order valence-electron chi connectivity index (χ2n) is 5.60. The molecule has 0 aromatic heterocycles. The van der Waals surface area contributed by atoms with E-state index < -0.39 is 0 Å². The fourth-order valence-corrected chi connectivity index (χ4v) is 1.67. The summed E-state index contributed by atoms with van der Waals surface area (Å²) in [6.07, 6.45) is 6.02. The zero-order valence-electron chi connectivity index (χ0n) is 12.2. The van der Waals surface area contributed by atoms with Gasteiger partial charge in [-0.15, -0.1) is 0 Å². The molecule has 3 N–H and O–H groups in total. The van der Waals surface area contributed by atoms with Crippen molar-refractivity contribution < 1.29 is 0 Å². The SMILES string of the molecule is CCCCN(CCCC)CCC(C)(C)C(=N)N. The lowest BCUT2D eigenvalue weighted by Crippen LogP contribution is -2.36. The highest BCUT2D eigenvalue weighted by Crippen LogP contribution is 2.20. The molecule has 0 aliphatic rings. The number of nitrogens with two attached hydrogens (primary N) is 1. The van der Waals surface area contributed by atoms with Crippen molar-refractivity contribution in [2.75, 3.05) is 19.6 Å². The summed E-state index contributed by atoms with van der Waals surface area (Å²) in [7, 11) is 0. The Morgan fingerprint density at radius 1 is 1.06 bits per heavy atom. The molecule has 0 aliphatic heterocycles. The van der Waals surface area contributed by atoms with Gasteiger partial charge in [0, 0.05) is 5.41 Å². The molecule has 0 unspecified atom stereocenters. The van der Waals surface area contributed by atoms with Crippen LogP contribution >= 0.6 is 0 Å². The molecule has 0 bridgehead atoms. The average molecular weight is 241 g/mol. The minimum absolute atomic E-state index is 0.156. The summed E-state index contributed by atoms with van der Waals surface area (Å²) in [6, 6.07) is 0. The van der Waals surface area contributed by atoms with Crippen LogP contribution in [0.15, 0.2) is 0 Å². The van der Waals surface area contributed by atoms with Crippen LogP contribution in [0.25, 0.3) is 0 Å². The summed E-state index contributed by atoms with van der Waals surface area (Å²) in [4.78, 5) is 2.53. The zero-order chi connectivity index (χ0) is 13.3. The maximum absolute atomic E-state index is 7.58. The first kappa shape index (κ1) is 16.4. The fourth-order valence-electron chi connectivity index (χ4n) is 1.67. The third-order valence-electron chi connectivity index (χ3n) is 3.44. The molecule has 0 spiro atoms. The van der Waals surface area contributed by atoms with Crippen molar-refractivity contribution >= 4 is 5.84 Å². The Morgan fingerprint density at radius 2 is 1.53 bits per heavy atom. The Balaban J connectivity index is 4.09. The molecular formula is C14H31N3. The molecule has 17 heavy (non-hydrogen) atoms. The monoisotopic (exact) mass is 241 g/mol. The summed E-state index contributed by atoms with van der Waals surface area (Å²) in [5.41, 5.74) is 5.47. The van der Waals surface area contributed by atoms with Crippen LogP contribution < -0.4 is 5.73 Å². The van der Waals surface area contributed by atoms with Crippen molar-refractivity contribution in [3.8, 4) is 0 Å². The first-order valence-corrected chi connectivity index (χ1v) is 7.01. The first-order valence-electron chi connectivity index (χ1n) is 7.01. The van der Waals surface area contributed by atoms with Crippen molar-refractivity contribution in [1.82, 2.24) is 4.90 Å². The van der Waals surface area contributed by atoms with Gasteiger partial charge in [0.2, 0.25) is 0 Å². The number of rotatable bonds is 10. The Hall–Kier alpha value is -0.570. The smallest absolute Gasteiger partial charge is 0.0963 e. The van der Waals surface area contributed by atoms with Crippen molar-refractivity contribution in [3.05, 3.63) is 0 Å². The summed E-state index contributed by atoms with van der Waals surface area (Å²) < 4.78 is 0. The lowest BCUT2D eigenvalue weighted by atomic mass is 9.88. The van der Waals surface area contributed by atoms with Gasteiger partial charge in [0.15, 0.2) is 0 Å². The largest absolute Gasteiger partial charge is 0.387 e. The summed E-state index contributed by atoms with van der Waals surface area (Å²) in [5, 5.41) is 7.58. The average Bonchev–Trinajstić information content (AvgIpc) is 2.28. The number of amidine groups is 1. The van der Waals surface area contributed by atoms with Crippen LogP contribution in [-0.4, -0.2) is 30.4 Å². The fraction of sp³-hybridized carbons (Fsp3) is 0.929. The molecular weight excluding hydrogens is 210 g/mol. The molecule has 0 aromatic rings. The minimum atomic E-state index is -0.156. The van der Waals surface area contributed by atoms with Gasteiger partial charge in [0.1, 0.15) is 0 Å². The maximum Gasteiger partial charge on any atom is 0.0963 e. The molecule has 0 radical (unpaired) electrons. The van der Waals surface area contributed by atoms with Crippen LogP contribution in [-0.2, 0) is 0 Å². The predicted octanol–water partition coefficient (Wildman–Crippen LogP) is 3.24. The van der Waals surface area contributed by atoms with E-state index in [4.69, 9.17) is 11.1 Å². The van der Waals surface area contributed by atoms with E-state index in [9.17, 15) is 0 Å². The molecule has 0 atom stereocenters. The van der Waals surface area contributed by atoms with Gasteiger partial charge >= 0.3 is 0 Å². The van der Waals surface area contributed by atoms with E-state index in [0.717, 1.165) is 13.0 Å². The molecule has 0 aromatic carbocycles. The quantitative estimate of drug-likeness (QED) is 0.456. The van der Waals surface area contributed by atoms with Gasteiger partial charge in [-0.3, -0.25) is 5.41 Å². The second kappa shape index (κ2) is 8.51. The number of nitrogens with one attached hydrogen (secondary N) is 1. The molecule has 0 rings (SSSR count). The Labute approximate surface area is 107 Å². The van der Waals surface area contributed by atoms with E-state index in [1.165, 1.54) is 38.8 Å². The summed E-state index contributed by atoms with van der Waals surface area (Å²) >= 11 is 0. The predicted molar refractivity (Wildman–Crippen MR) is 76.6 cm³/mol. The van der Waals surface area contributed by atoms with Crippen molar-refractivity contribution in [2.24, 2.45) is 11.1 Å². The zero-order valence-corrected chi connectivity index (χ0v) is 12.2. The molecule has 0 fully saturated rings. The van der Waals surface area contributed by atoms with Gasteiger partial charge in [0.25, 0.3) is 0 Å². The highest BCUT2D eigenvalue weighted by molar-refractivity contribution is 5.82. The Kier molecular flexibility index (Phi) is 8.23. The van der Waals surface area contributed by atoms with E-state index in [0.29, 0.717) is 5.84 Å². The maximum atomic E-state index is 7.58. The van der Waals surface area contributed by atoms with Crippen molar-refractivity contribution in [1.29, 1.82) is 5.41 Å². The third kappa shape index (κ3) is 7.37. The molecule has 0 saturated heterocycles. The van der Waals surface area contributed by atoms with Gasteiger partial charge in [-0.05, 0) is 38.9 Å². The van der Waals surface area contributed by atoms with E-state index in [-0.39, 0.29) is 5.41 Å². The molecule has 0 saturated carbocycles. The number of hydrogen-bond donors (Lipinski definition) is 2. The topological polar surface area (TPSA) is 53.1 Å². The van der Waals surface area contributed by atoms with Crippen LogP contribution in [0.3, 0.4) is 0 Å². The first-order chi connectivity index (χ1) is 7.94. The van der Waals surface area contributed by atoms with Gasteiger partial charge in [0.05, 0.1) is 5.84 Å². The Morgan fingerprint density at radius 3 is 1.88 bits per heavy atom. The van der Waals surface area contributed by atoms with Gasteiger partial charge in [-0.25, -0.2) is 0 Å². The van der Waals surface area contributed by atoms with Crippen LogP contribution in [0.4, 0.5) is 0 Å². The molecule has 0 heterocycles. The van der Waals surface area contributed by atoms with Gasteiger partial charge < -0.3 is 10.6 Å². The van der Waals surface area contributed by atoms with E-state index in [1.807, 2.05) is 0 Å². The van der Waals surface area contributed by atoms with Crippen molar-refractivity contribution in [2.45, 2.75) is 59.8 Å². The van der Waals surface area contributed by atoms with Crippen LogP contribution in [0, 0.1) is 10.8 Å². The molecule has 0 amide bonds. The molecule has 102 valence electrons. The lowest BCUT2D eigenvalue weighted by molar-refractivity contribution is 0.238. The number of hydrogen-bond acceptors (Lipinski definition) is 2. The van der Waals surface area contributed by atoms with E-state index in [2.05, 4.69) is 32.6 Å². The van der Waals surface area contributed by atoms with E-state index in [1.54, 1.807) is 0 Å². The summed E-state index contributed by atoms with van der Waals surface area (Å²) in [5.74, 6) is 0.309. The van der Waals surface area contributed by atoms with Gasteiger partial charge in [-0.2, -0.15) is 0 Å². The standard InChI is InChI=1S/C14H31N3/c1-5-7-10-17(11-8-6-2)12-9-14(3,4)13(15)16/h5-12H2,1-4H3,(H3,15,16). The van der Waals surface area contributed by atoms with Crippen LogP contribution in [0.2, 0.25) is 0 Å². The van der Waals surface area contributed by atoms with Crippen molar-refractivity contribution in [3.63, 3.8) is 0 Å². The second-order valence-corrected chi connectivity index (χ2v) is 5.60. The molecule has 3 nitrogen and oxygen atoms in total. The number of unbranched alkanes of at least 4 members (excludes halogenated alkanes) is 2. The summed E-state index contributed by atoms with van der Waals surface area (Å²) in [6.45, 7) is 12.0. The minimum Gasteiger partial charge on any atom is -0.387 e. The lowest BCUT2D eigenvalue weighted by Gasteiger charge is -2.28. The number of nitrogens with zero attached hydrogens (tertiary/aromatic N) is 1. The van der Waals surface area contributed by atoms with Gasteiger partial charge in [-0.1, -0.05) is 40.5 Å². The van der Waals surface area contributed by atoms with Crippen LogP contribution in [0.1, 0.15) is 59.8 Å². The highest BCUT2D eigenvalue weighted by Gasteiger charge is 2.22. The molecule has 0 aliphatic carbocycles. The van der Waals surface area contributed by atoms with E-state index >= 15 is 0 Å². The Bertz CT molecular complexity index is 204. The normalized spacial score (nSPS) is 12.1. The highest BCUT2D eigenvalue weighted by atomic mass is 15.1. The molecule has 3 heteroatoms.